The second kappa shape index (κ2) is 4.61. The Hall–Kier alpha value is -1.16. The van der Waals surface area contributed by atoms with Gasteiger partial charge < -0.3 is 0 Å². The Balaban J connectivity index is 2.15. The Bertz CT molecular complexity index is 514. The highest BCUT2D eigenvalue weighted by Gasteiger charge is 2.33. The molecule has 0 N–H and O–H groups in total. The molecular formula is C13H16O3S. The molecule has 1 aliphatic rings. The van der Waals surface area contributed by atoms with Crippen molar-refractivity contribution < 1.29 is 13.2 Å². The molecule has 1 aromatic rings. The van der Waals surface area contributed by atoms with E-state index in [1.165, 1.54) is 5.56 Å². The Labute approximate surface area is 102 Å². The molecule has 1 aromatic carbocycles. The molecule has 4 heteroatoms. The van der Waals surface area contributed by atoms with Crippen LogP contribution in [-0.4, -0.2) is 25.7 Å². The molecular weight excluding hydrogens is 236 g/mol. The number of sulfone groups is 1. The first kappa shape index (κ1) is 12.3. The molecule has 17 heavy (non-hydrogen) atoms. The molecule has 0 bridgehead atoms. The molecule has 1 fully saturated rings. The molecule has 92 valence electrons. The summed E-state index contributed by atoms with van der Waals surface area (Å²) in [5.74, 6) is -0.209. The summed E-state index contributed by atoms with van der Waals surface area (Å²) in [6, 6.07) is 7.45. The zero-order valence-electron chi connectivity index (χ0n) is 9.85. The quantitative estimate of drug-likeness (QED) is 0.772. The summed E-state index contributed by atoms with van der Waals surface area (Å²) in [4.78, 5) is 12.1. The third-order valence-electron chi connectivity index (χ3n) is 3.25. The van der Waals surface area contributed by atoms with Gasteiger partial charge >= 0.3 is 0 Å². The first-order chi connectivity index (χ1) is 8.02. The molecule has 0 amide bonds. The Morgan fingerprint density at radius 2 is 1.94 bits per heavy atom. The van der Waals surface area contributed by atoms with Gasteiger partial charge in [-0.3, -0.25) is 4.79 Å². The van der Waals surface area contributed by atoms with E-state index in [1.54, 1.807) is 12.1 Å². The molecule has 1 saturated heterocycles. The maximum Gasteiger partial charge on any atom is 0.166 e. The van der Waals surface area contributed by atoms with Gasteiger partial charge in [-0.15, -0.1) is 0 Å². The fraction of sp³-hybridized carbons (Fsp3) is 0.462. The van der Waals surface area contributed by atoms with Gasteiger partial charge in [0.05, 0.1) is 11.5 Å². The minimum absolute atomic E-state index is 0.0152. The van der Waals surface area contributed by atoms with Crippen molar-refractivity contribution in [3.05, 3.63) is 35.4 Å². The minimum Gasteiger partial charge on any atom is -0.294 e. The van der Waals surface area contributed by atoms with Crippen LogP contribution in [0.5, 0.6) is 0 Å². The number of carbonyl (C=O) groups is 1. The van der Waals surface area contributed by atoms with E-state index >= 15 is 0 Å². The van der Waals surface area contributed by atoms with E-state index in [1.807, 2.05) is 12.1 Å². The van der Waals surface area contributed by atoms with Crippen LogP contribution in [0.1, 0.15) is 29.3 Å². The lowest BCUT2D eigenvalue weighted by atomic mass is 9.96. The summed E-state index contributed by atoms with van der Waals surface area (Å²) in [6.45, 7) is 2.06. The molecule has 0 saturated carbocycles. The van der Waals surface area contributed by atoms with Crippen LogP contribution in [0.2, 0.25) is 0 Å². The first-order valence-corrected chi connectivity index (χ1v) is 7.67. The monoisotopic (exact) mass is 252 g/mol. The third kappa shape index (κ3) is 2.75. The lowest BCUT2D eigenvalue weighted by Crippen LogP contribution is -2.16. The summed E-state index contributed by atoms with van der Waals surface area (Å²) >= 11 is 0. The van der Waals surface area contributed by atoms with Crippen LogP contribution in [0.15, 0.2) is 24.3 Å². The van der Waals surface area contributed by atoms with Crippen LogP contribution < -0.4 is 0 Å². The van der Waals surface area contributed by atoms with Crippen molar-refractivity contribution in [2.45, 2.75) is 19.8 Å². The molecule has 1 unspecified atom stereocenters. The van der Waals surface area contributed by atoms with Crippen LogP contribution in [0.3, 0.4) is 0 Å². The van der Waals surface area contributed by atoms with Crippen molar-refractivity contribution >= 4 is 15.6 Å². The third-order valence-corrected chi connectivity index (χ3v) is 5.02. The average Bonchev–Trinajstić information content (AvgIpc) is 2.69. The topological polar surface area (TPSA) is 51.2 Å². The standard InChI is InChI=1S/C13H16O3S/c1-2-10-3-5-11(6-4-10)13(14)12-7-8-17(15,16)9-12/h3-6,12H,2,7-9H2,1H3. The van der Waals surface area contributed by atoms with Crippen molar-refractivity contribution in [1.29, 1.82) is 0 Å². The van der Waals surface area contributed by atoms with Gasteiger partial charge in [0.25, 0.3) is 0 Å². The molecule has 0 spiro atoms. The fourth-order valence-corrected chi connectivity index (χ4v) is 3.88. The molecule has 1 atom stereocenters. The van der Waals surface area contributed by atoms with Crippen molar-refractivity contribution in [2.24, 2.45) is 5.92 Å². The Morgan fingerprint density at radius 1 is 1.29 bits per heavy atom. The Morgan fingerprint density at radius 3 is 2.41 bits per heavy atom. The van der Waals surface area contributed by atoms with Gasteiger partial charge in [0.2, 0.25) is 0 Å². The summed E-state index contributed by atoms with van der Waals surface area (Å²) in [6.07, 6.45) is 1.41. The summed E-state index contributed by atoms with van der Waals surface area (Å²) in [7, 11) is -2.98. The fourth-order valence-electron chi connectivity index (χ4n) is 2.14. The molecule has 0 aliphatic carbocycles. The van der Waals surface area contributed by atoms with Gasteiger partial charge in [-0.05, 0) is 18.4 Å². The van der Waals surface area contributed by atoms with E-state index in [-0.39, 0.29) is 23.2 Å². The molecule has 2 rings (SSSR count). The second-order valence-corrected chi connectivity index (χ2v) is 6.74. The number of hydrogen-bond donors (Lipinski definition) is 0. The maximum absolute atomic E-state index is 12.1. The van der Waals surface area contributed by atoms with E-state index in [2.05, 4.69) is 6.92 Å². The highest BCUT2D eigenvalue weighted by Crippen LogP contribution is 2.22. The van der Waals surface area contributed by atoms with Crippen LogP contribution >= 0.6 is 0 Å². The number of hydrogen-bond acceptors (Lipinski definition) is 3. The van der Waals surface area contributed by atoms with Gasteiger partial charge in [0.15, 0.2) is 15.6 Å². The lowest BCUT2D eigenvalue weighted by molar-refractivity contribution is 0.0933. The highest BCUT2D eigenvalue weighted by atomic mass is 32.2. The largest absolute Gasteiger partial charge is 0.294 e. The summed E-state index contributed by atoms with van der Waals surface area (Å²) in [5, 5.41) is 0. The molecule has 0 radical (unpaired) electrons. The molecule has 1 heterocycles. The number of rotatable bonds is 3. The van der Waals surface area contributed by atoms with E-state index < -0.39 is 9.84 Å². The SMILES string of the molecule is CCc1ccc(C(=O)C2CCS(=O)(=O)C2)cc1. The second-order valence-electron chi connectivity index (χ2n) is 4.51. The maximum atomic E-state index is 12.1. The predicted octanol–water partition coefficient (Wildman–Crippen LogP) is 1.87. The van der Waals surface area contributed by atoms with Crippen molar-refractivity contribution in [2.75, 3.05) is 11.5 Å². The van der Waals surface area contributed by atoms with Crippen LogP contribution in [0, 0.1) is 5.92 Å². The van der Waals surface area contributed by atoms with Gasteiger partial charge in [-0.2, -0.15) is 0 Å². The minimum atomic E-state index is -2.98. The van der Waals surface area contributed by atoms with E-state index in [4.69, 9.17) is 0 Å². The van der Waals surface area contributed by atoms with Crippen molar-refractivity contribution in [3.8, 4) is 0 Å². The van der Waals surface area contributed by atoms with Gasteiger partial charge in [0.1, 0.15) is 0 Å². The lowest BCUT2D eigenvalue weighted by Gasteiger charge is -2.07. The zero-order valence-corrected chi connectivity index (χ0v) is 10.7. The van der Waals surface area contributed by atoms with E-state index in [0.29, 0.717) is 12.0 Å². The van der Waals surface area contributed by atoms with Crippen LogP contribution in [0.25, 0.3) is 0 Å². The Kier molecular flexibility index (Phi) is 3.33. The highest BCUT2D eigenvalue weighted by molar-refractivity contribution is 7.91. The van der Waals surface area contributed by atoms with Crippen LogP contribution in [-0.2, 0) is 16.3 Å². The van der Waals surface area contributed by atoms with E-state index in [0.717, 1.165) is 6.42 Å². The van der Waals surface area contributed by atoms with E-state index in [9.17, 15) is 13.2 Å². The molecule has 0 aromatic heterocycles. The number of carbonyl (C=O) groups excluding carboxylic acids is 1. The summed E-state index contributed by atoms with van der Waals surface area (Å²) in [5.41, 5.74) is 1.81. The number of ketones is 1. The number of aryl methyl sites for hydroxylation is 1. The van der Waals surface area contributed by atoms with Gasteiger partial charge in [-0.1, -0.05) is 31.2 Å². The smallest absolute Gasteiger partial charge is 0.166 e. The normalized spacial score (nSPS) is 22.5. The first-order valence-electron chi connectivity index (χ1n) is 5.85. The predicted molar refractivity (Wildman–Crippen MR) is 66.9 cm³/mol. The average molecular weight is 252 g/mol. The van der Waals surface area contributed by atoms with Crippen molar-refractivity contribution in [1.82, 2.24) is 0 Å². The molecule has 1 aliphatic heterocycles. The molecule has 3 nitrogen and oxygen atoms in total. The van der Waals surface area contributed by atoms with Gasteiger partial charge in [-0.25, -0.2) is 8.42 Å². The van der Waals surface area contributed by atoms with Gasteiger partial charge in [0, 0.05) is 11.5 Å². The number of Topliss-reactive ketones (excluding diaryl/α,β-unsaturated/α-hetero) is 1. The van der Waals surface area contributed by atoms with Crippen LogP contribution in [0.4, 0.5) is 0 Å². The zero-order chi connectivity index (χ0) is 12.5. The summed E-state index contributed by atoms with van der Waals surface area (Å²) < 4.78 is 22.6. The van der Waals surface area contributed by atoms with Crippen molar-refractivity contribution in [3.63, 3.8) is 0 Å². The number of benzene rings is 1.